The van der Waals surface area contributed by atoms with Crippen LogP contribution in [0.5, 0.6) is 0 Å². The van der Waals surface area contributed by atoms with Gasteiger partial charge in [-0.2, -0.15) is 18.3 Å². The number of pyridine rings is 1. The number of benzene rings is 1. The number of halogens is 3. The van der Waals surface area contributed by atoms with Gasteiger partial charge in [0.05, 0.1) is 17.8 Å². The number of alkyl halides is 3. The fourth-order valence-electron chi connectivity index (χ4n) is 4.11. The predicted molar refractivity (Wildman–Crippen MR) is 121 cm³/mol. The first kappa shape index (κ1) is 23.7. The predicted octanol–water partition coefficient (Wildman–Crippen LogP) is 3.60. The molecule has 1 aromatic carbocycles. The van der Waals surface area contributed by atoms with Crippen molar-refractivity contribution in [1.82, 2.24) is 15.3 Å². The third-order valence-corrected chi connectivity index (χ3v) is 6.02. The number of hydrogen-bond donors (Lipinski definition) is 1. The largest absolute Gasteiger partial charge is 0.417 e. The second-order valence-electron chi connectivity index (χ2n) is 8.41. The van der Waals surface area contributed by atoms with E-state index >= 15 is 0 Å². The van der Waals surface area contributed by atoms with Crippen LogP contribution in [0.25, 0.3) is 0 Å². The molecule has 0 aliphatic carbocycles. The molecule has 2 aliphatic heterocycles. The number of amides is 2. The summed E-state index contributed by atoms with van der Waals surface area (Å²) in [6.07, 6.45) is -1.40. The summed E-state index contributed by atoms with van der Waals surface area (Å²) in [5.41, 5.74) is 1.09. The maximum Gasteiger partial charge on any atom is 0.417 e. The van der Waals surface area contributed by atoms with Crippen LogP contribution in [0.2, 0.25) is 0 Å². The summed E-state index contributed by atoms with van der Waals surface area (Å²) in [7, 11) is 0. The quantitative estimate of drug-likeness (QED) is 0.696. The van der Waals surface area contributed by atoms with Crippen LogP contribution in [-0.2, 0) is 15.8 Å². The van der Waals surface area contributed by atoms with Crippen molar-refractivity contribution in [3.8, 4) is 0 Å². The van der Waals surface area contributed by atoms with Crippen LogP contribution < -0.4 is 10.2 Å². The lowest BCUT2D eigenvalue weighted by molar-refractivity contribution is -0.137. The number of anilines is 1. The Bertz CT molecular complexity index is 1030. The summed E-state index contributed by atoms with van der Waals surface area (Å²) in [5.74, 6) is 0.125. The lowest BCUT2D eigenvalue weighted by Gasteiger charge is -2.33. The number of rotatable bonds is 6. The Kier molecular flexibility index (Phi) is 7.14. The minimum atomic E-state index is -4.41. The molecule has 0 radical (unpaired) electrons. The van der Waals surface area contributed by atoms with E-state index in [9.17, 15) is 22.8 Å². The Morgan fingerprint density at radius 2 is 1.74 bits per heavy atom. The molecule has 1 saturated heterocycles. The number of hydrogen-bond acceptors (Lipinski definition) is 5. The highest BCUT2D eigenvalue weighted by Crippen LogP contribution is 2.29. The summed E-state index contributed by atoms with van der Waals surface area (Å²) in [6.45, 7) is 1.67. The zero-order chi connectivity index (χ0) is 24.1. The molecular weight excluding hydrogens is 447 g/mol. The molecule has 0 atom stereocenters. The fraction of sp³-hybridized carbons (Fsp3) is 0.417. The molecular formula is C24H26F3N5O2. The minimum absolute atomic E-state index is 0.0391. The fourth-order valence-corrected chi connectivity index (χ4v) is 4.11. The van der Waals surface area contributed by atoms with Crippen molar-refractivity contribution in [3.63, 3.8) is 0 Å². The van der Waals surface area contributed by atoms with Gasteiger partial charge in [0.2, 0.25) is 11.8 Å². The van der Waals surface area contributed by atoms with Crippen LogP contribution in [0, 0.1) is 0 Å². The third kappa shape index (κ3) is 5.92. The molecule has 34 heavy (non-hydrogen) atoms. The van der Waals surface area contributed by atoms with Crippen LogP contribution in [0.4, 0.5) is 19.0 Å². The Morgan fingerprint density at radius 3 is 2.38 bits per heavy atom. The molecule has 7 nitrogen and oxygen atoms in total. The number of hydrazone groups is 1. The van der Waals surface area contributed by atoms with Crippen molar-refractivity contribution in [2.45, 2.75) is 44.3 Å². The minimum Gasteiger partial charge on any atom is -0.356 e. The summed E-state index contributed by atoms with van der Waals surface area (Å²) < 4.78 is 38.1. The van der Waals surface area contributed by atoms with Gasteiger partial charge in [-0.3, -0.25) is 9.59 Å². The Hall–Kier alpha value is -3.43. The SMILES string of the molecule is O=C(CCC(=O)N1CCC(c2ccccc2)=N1)NC1CCN(c2ccc(C(F)(F)F)cn2)CC1. The van der Waals surface area contributed by atoms with Crippen LogP contribution in [0.1, 0.15) is 43.2 Å². The molecule has 2 amide bonds. The number of piperidine rings is 1. The molecule has 1 aromatic heterocycles. The van der Waals surface area contributed by atoms with E-state index in [4.69, 9.17) is 0 Å². The van der Waals surface area contributed by atoms with E-state index in [1.807, 2.05) is 35.2 Å². The van der Waals surface area contributed by atoms with Crippen LogP contribution >= 0.6 is 0 Å². The van der Waals surface area contributed by atoms with Crippen LogP contribution in [0.15, 0.2) is 53.8 Å². The summed E-state index contributed by atoms with van der Waals surface area (Å²) >= 11 is 0. The van der Waals surface area contributed by atoms with Crippen LogP contribution in [0.3, 0.4) is 0 Å². The van der Waals surface area contributed by atoms with Crippen molar-refractivity contribution in [3.05, 3.63) is 59.8 Å². The smallest absolute Gasteiger partial charge is 0.356 e. The Balaban J connectivity index is 1.19. The van der Waals surface area contributed by atoms with Gasteiger partial charge < -0.3 is 10.2 Å². The van der Waals surface area contributed by atoms with Crippen molar-refractivity contribution >= 4 is 23.3 Å². The highest BCUT2D eigenvalue weighted by Gasteiger charge is 2.31. The third-order valence-electron chi connectivity index (χ3n) is 6.02. The zero-order valence-electron chi connectivity index (χ0n) is 18.6. The summed E-state index contributed by atoms with van der Waals surface area (Å²) in [4.78, 5) is 30.6. The van der Waals surface area contributed by atoms with E-state index in [-0.39, 0.29) is 30.7 Å². The van der Waals surface area contributed by atoms with Crippen molar-refractivity contribution in [2.75, 3.05) is 24.5 Å². The molecule has 0 unspecified atom stereocenters. The first-order valence-electron chi connectivity index (χ1n) is 11.3. The second-order valence-corrected chi connectivity index (χ2v) is 8.41. The maximum atomic E-state index is 12.7. The molecule has 1 fully saturated rings. The highest BCUT2D eigenvalue weighted by atomic mass is 19.4. The van der Waals surface area contributed by atoms with Crippen molar-refractivity contribution in [1.29, 1.82) is 0 Å². The van der Waals surface area contributed by atoms with E-state index in [0.717, 1.165) is 23.5 Å². The van der Waals surface area contributed by atoms with Gasteiger partial charge in [0.25, 0.3) is 0 Å². The zero-order valence-corrected chi connectivity index (χ0v) is 18.6. The van der Waals surface area contributed by atoms with Crippen molar-refractivity contribution < 1.29 is 22.8 Å². The van der Waals surface area contributed by atoms with E-state index in [2.05, 4.69) is 15.4 Å². The topological polar surface area (TPSA) is 77.9 Å². The number of nitrogens with zero attached hydrogens (tertiary/aromatic N) is 4. The normalized spacial score (nSPS) is 17.0. The van der Waals surface area contributed by atoms with E-state index < -0.39 is 11.7 Å². The molecule has 0 saturated carbocycles. The van der Waals surface area contributed by atoms with Gasteiger partial charge >= 0.3 is 6.18 Å². The standard InChI is InChI=1S/C24H26F3N5O2/c25-24(26,27)18-6-7-21(28-16-18)31-13-10-19(11-14-31)29-22(33)8-9-23(34)32-15-12-20(30-32)17-4-2-1-3-5-17/h1-7,16,19H,8-15H2,(H,29,33). The lowest BCUT2D eigenvalue weighted by Crippen LogP contribution is -2.45. The number of aromatic nitrogens is 1. The Labute approximate surface area is 195 Å². The van der Waals surface area contributed by atoms with E-state index in [0.29, 0.717) is 44.7 Å². The summed E-state index contributed by atoms with van der Waals surface area (Å²) in [6, 6.07) is 12.1. The molecule has 10 heteroatoms. The van der Waals surface area contributed by atoms with Gasteiger partial charge in [0.1, 0.15) is 5.82 Å². The average molecular weight is 473 g/mol. The van der Waals surface area contributed by atoms with Gasteiger partial charge in [0.15, 0.2) is 0 Å². The number of carbonyl (C=O) groups excluding carboxylic acids is 2. The monoisotopic (exact) mass is 473 g/mol. The van der Waals surface area contributed by atoms with Gasteiger partial charge in [-0.15, -0.1) is 0 Å². The van der Waals surface area contributed by atoms with Crippen molar-refractivity contribution in [2.24, 2.45) is 5.10 Å². The second kappa shape index (κ2) is 10.2. The van der Waals surface area contributed by atoms with Crippen LogP contribution in [-0.4, -0.2) is 53.2 Å². The molecule has 4 rings (SSSR count). The maximum absolute atomic E-state index is 12.7. The van der Waals surface area contributed by atoms with Gasteiger partial charge in [-0.05, 0) is 30.5 Å². The first-order valence-corrected chi connectivity index (χ1v) is 11.3. The highest BCUT2D eigenvalue weighted by molar-refractivity contribution is 6.02. The van der Waals surface area contributed by atoms with Gasteiger partial charge in [-0.1, -0.05) is 30.3 Å². The van der Waals surface area contributed by atoms with Gasteiger partial charge in [0, 0.05) is 44.6 Å². The molecule has 3 heterocycles. The number of nitrogens with one attached hydrogen (secondary N) is 1. The molecule has 180 valence electrons. The van der Waals surface area contributed by atoms with E-state index in [1.165, 1.54) is 11.1 Å². The number of carbonyl (C=O) groups is 2. The molecule has 2 aliphatic rings. The summed E-state index contributed by atoms with van der Waals surface area (Å²) in [5, 5.41) is 8.80. The molecule has 0 spiro atoms. The Morgan fingerprint density at radius 1 is 1.00 bits per heavy atom. The molecule has 0 bridgehead atoms. The average Bonchev–Trinajstić information content (AvgIpc) is 3.34. The molecule has 1 N–H and O–H groups in total. The van der Waals surface area contributed by atoms with Gasteiger partial charge in [-0.25, -0.2) is 9.99 Å². The molecule has 2 aromatic rings. The first-order chi connectivity index (χ1) is 16.3. The van der Waals surface area contributed by atoms with E-state index in [1.54, 1.807) is 0 Å². The lowest BCUT2D eigenvalue weighted by atomic mass is 10.0.